The van der Waals surface area contributed by atoms with E-state index in [1.165, 1.54) is 16.0 Å². The summed E-state index contributed by atoms with van der Waals surface area (Å²) in [6.45, 7) is 4.19. The third-order valence-electron chi connectivity index (χ3n) is 3.85. The van der Waals surface area contributed by atoms with Crippen molar-refractivity contribution in [2.75, 3.05) is 0 Å². The van der Waals surface area contributed by atoms with Gasteiger partial charge in [0, 0.05) is 10.9 Å². The van der Waals surface area contributed by atoms with Crippen molar-refractivity contribution in [3.8, 4) is 0 Å². The number of thioether (sulfide) groups is 1. The molecular weight excluding hydrogens is 290 g/mol. The smallest absolute Gasteiger partial charge is 0.238 e. The van der Waals surface area contributed by atoms with Crippen molar-refractivity contribution in [2.45, 2.75) is 42.9 Å². The predicted molar refractivity (Wildman–Crippen MR) is 92.1 cm³/mol. The normalized spacial score (nSPS) is 15.4. The van der Waals surface area contributed by atoms with E-state index in [0.29, 0.717) is 6.04 Å². The van der Waals surface area contributed by atoms with Gasteiger partial charge in [-0.1, -0.05) is 48.0 Å². The Balaban J connectivity index is 1.87. The summed E-state index contributed by atoms with van der Waals surface area (Å²) in [6, 6.07) is 16.8. The number of benzene rings is 2. The number of amides is 1. The van der Waals surface area contributed by atoms with Crippen molar-refractivity contribution >= 4 is 17.7 Å². The Hall–Kier alpha value is -1.74. The number of nitrogens with one attached hydrogen (secondary N) is 1. The van der Waals surface area contributed by atoms with Crippen LogP contribution in [0.1, 0.15) is 34.8 Å². The fraction of sp³-hybridized carbons (Fsp3) is 0.316. The van der Waals surface area contributed by atoms with Crippen molar-refractivity contribution in [2.24, 2.45) is 0 Å². The molecule has 1 atom stereocenters. The average molecular weight is 311 g/mol. The first-order valence-corrected chi connectivity index (χ1v) is 8.60. The third-order valence-corrected chi connectivity index (χ3v) is 5.27. The van der Waals surface area contributed by atoms with Crippen LogP contribution in [0.15, 0.2) is 53.4 Å². The van der Waals surface area contributed by atoms with E-state index in [4.69, 9.17) is 0 Å². The topological polar surface area (TPSA) is 29.1 Å². The van der Waals surface area contributed by atoms with Crippen molar-refractivity contribution in [1.29, 1.82) is 0 Å². The SMILES string of the molecule is Cc1ccc(C)c(S[C@@H](C(=O)NC2CC2)c2ccccc2)c1. The Morgan fingerprint density at radius 3 is 2.55 bits per heavy atom. The van der Waals surface area contributed by atoms with Gasteiger partial charge in [-0.2, -0.15) is 0 Å². The maximum atomic E-state index is 12.7. The molecule has 0 aromatic heterocycles. The maximum Gasteiger partial charge on any atom is 0.238 e. The first kappa shape index (κ1) is 15.2. The van der Waals surface area contributed by atoms with Crippen LogP contribution >= 0.6 is 11.8 Å². The molecule has 3 rings (SSSR count). The number of rotatable bonds is 5. The van der Waals surface area contributed by atoms with E-state index in [1.807, 2.05) is 30.3 Å². The number of carbonyl (C=O) groups excluding carboxylic acids is 1. The van der Waals surface area contributed by atoms with Crippen LogP contribution in [0.3, 0.4) is 0 Å². The quantitative estimate of drug-likeness (QED) is 0.828. The van der Waals surface area contributed by atoms with Crippen LogP contribution < -0.4 is 5.32 Å². The van der Waals surface area contributed by atoms with Gasteiger partial charge in [0.15, 0.2) is 0 Å². The van der Waals surface area contributed by atoms with Gasteiger partial charge in [-0.05, 0) is 43.9 Å². The molecule has 114 valence electrons. The lowest BCUT2D eigenvalue weighted by Gasteiger charge is -2.18. The molecule has 1 saturated carbocycles. The molecule has 0 spiro atoms. The highest BCUT2D eigenvalue weighted by molar-refractivity contribution is 8.00. The van der Waals surface area contributed by atoms with Gasteiger partial charge in [-0.15, -0.1) is 11.8 Å². The molecule has 1 fully saturated rings. The van der Waals surface area contributed by atoms with Crippen LogP contribution in [0.4, 0.5) is 0 Å². The minimum absolute atomic E-state index is 0.125. The molecule has 0 unspecified atom stereocenters. The second-order valence-electron chi connectivity index (χ2n) is 5.96. The summed E-state index contributed by atoms with van der Waals surface area (Å²) in [5, 5.41) is 2.95. The minimum atomic E-state index is -0.192. The van der Waals surface area contributed by atoms with Crippen molar-refractivity contribution in [3.63, 3.8) is 0 Å². The standard InChI is InChI=1S/C19H21NOS/c1-13-8-9-14(2)17(12-13)22-18(15-6-4-3-5-7-15)19(21)20-16-10-11-16/h3-9,12,16,18H,10-11H2,1-2H3,(H,20,21)/t18-/m1/s1. The molecule has 22 heavy (non-hydrogen) atoms. The second-order valence-corrected chi connectivity index (χ2v) is 7.11. The van der Waals surface area contributed by atoms with E-state index in [-0.39, 0.29) is 11.2 Å². The highest BCUT2D eigenvalue weighted by Crippen LogP contribution is 2.38. The van der Waals surface area contributed by atoms with E-state index in [9.17, 15) is 4.79 Å². The molecule has 1 aliphatic rings. The molecule has 1 aliphatic carbocycles. The maximum absolute atomic E-state index is 12.7. The fourth-order valence-corrected chi connectivity index (χ4v) is 3.60. The molecular formula is C19H21NOS. The highest BCUT2D eigenvalue weighted by Gasteiger charge is 2.29. The van der Waals surface area contributed by atoms with Gasteiger partial charge in [-0.25, -0.2) is 0 Å². The molecule has 0 saturated heterocycles. The lowest BCUT2D eigenvalue weighted by molar-refractivity contribution is -0.120. The number of hydrogen-bond donors (Lipinski definition) is 1. The van der Waals surface area contributed by atoms with Gasteiger partial charge in [0.1, 0.15) is 5.25 Å². The number of hydrogen-bond acceptors (Lipinski definition) is 2. The first-order valence-electron chi connectivity index (χ1n) is 7.73. The zero-order chi connectivity index (χ0) is 15.5. The summed E-state index contributed by atoms with van der Waals surface area (Å²) in [7, 11) is 0. The van der Waals surface area contributed by atoms with Crippen molar-refractivity contribution in [1.82, 2.24) is 5.32 Å². The van der Waals surface area contributed by atoms with Crippen LogP contribution in [0.25, 0.3) is 0 Å². The molecule has 2 aromatic carbocycles. The fourth-order valence-electron chi connectivity index (χ4n) is 2.37. The van der Waals surface area contributed by atoms with E-state index in [2.05, 4.69) is 37.4 Å². The average Bonchev–Trinajstić information content (AvgIpc) is 3.33. The highest BCUT2D eigenvalue weighted by atomic mass is 32.2. The number of aryl methyl sites for hydroxylation is 2. The van der Waals surface area contributed by atoms with Gasteiger partial charge < -0.3 is 5.32 Å². The van der Waals surface area contributed by atoms with Gasteiger partial charge in [-0.3, -0.25) is 4.79 Å². The van der Waals surface area contributed by atoms with Crippen LogP contribution in [0.5, 0.6) is 0 Å². The molecule has 3 heteroatoms. The Morgan fingerprint density at radius 1 is 1.14 bits per heavy atom. The lowest BCUT2D eigenvalue weighted by atomic mass is 10.1. The second kappa shape index (κ2) is 6.57. The van der Waals surface area contributed by atoms with Crippen LogP contribution in [-0.4, -0.2) is 11.9 Å². The first-order chi connectivity index (χ1) is 10.6. The summed E-state index contributed by atoms with van der Waals surface area (Å²) in [4.78, 5) is 13.8. The Labute approximate surface area is 136 Å². The zero-order valence-corrected chi connectivity index (χ0v) is 13.8. The summed E-state index contributed by atoms with van der Waals surface area (Å²) in [5.74, 6) is 0.125. The summed E-state index contributed by atoms with van der Waals surface area (Å²) >= 11 is 1.65. The Morgan fingerprint density at radius 2 is 1.86 bits per heavy atom. The van der Waals surface area contributed by atoms with Crippen molar-refractivity contribution < 1.29 is 4.79 Å². The molecule has 1 amide bonds. The Bertz CT molecular complexity index is 664. The van der Waals surface area contributed by atoms with Gasteiger partial charge in [0.25, 0.3) is 0 Å². The van der Waals surface area contributed by atoms with E-state index in [0.717, 1.165) is 18.4 Å². The van der Waals surface area contributed by atoms with Crippen LogP contribution in [0.2, 0.25) is 0 Å². The van der Waals surface area contributed by atoms with Gasteiger partial charge >= 0.3 is 0 Å². The number of carbonyl (C=O) groups is 1. The monoisotopic (exact) mass is 311 g/mol. The van der Waals surface area contributed by atoms with Gasteiger partial charge in [0.05, 0.1) is 0 Å². The van der Waals surface area contributed by atoms with E-state index < -0.39 is 0 Å². The summed E-state index contributed by atoms with van der Waals surface area (Å²) < 4.78 is 0. The summed E-state index contributed by atoms with van der Waals surface area (Å²) in [6.07, 6.45) is 2.22. The van der Waals surface area contributed by atoms with Crippen LogP contribution in [0, 0.1) is 13.8 Å². The molecule has 2 nitrogen and oxygen atoms in total. The summed E-state index contributed by atoms with van der Waals surface area (Å²) in [5.41, 5.74) is 3.50. The van der Waals surface area contributed by atoms with Gasteiger partial charge in [0.2, 0.25) is 5.91 Å². The minimum Gasteiger partial charge on any atom is -0.352 e. The zero-order valence-electron chi connectivity index (χ0n) is 13.0. The largest absolute Gasteiger partial charge is 0.352 e. The molecule has 0 aliphatic heterocycles. The molecule has 2 aromatic rings. The molecule has 1 N–H and O–H groups in total. The van der Waals surface area contributed by atoms with Crippen molar-refractivity contribution in [3.05, 3.63) is 65.2 Å². The lowest BCUT2D eigenvalue weighted by Crippen LogP contribution is -2.29. The van der Waals surface area contributed by atoms with Crippen LogP contribution in [-0.2, 0) is 4.79 Å². The molecule has 0 heterocycles. The predicted octanol–water partition coefficient (Wildman–Crippen LogP) is 4.42. The molecule has 0 radical (unpaired) electrons. The Kier molecular flexibility index (Phi) is 4.53. The molecule has 0 bridgehead atoms. The van der Waals surface area contributed by atoms with E-state index >= 15 is 0 Å². The third kappa shape index (κ3) is 3.72. The van der Waals surface area contributed by atoms with E-state index in [1.54, 1.807) is 11.8 Å².